The molecule has 39 heavy (non-hydrogen) atoms. The lowest BCUT2D eigenvalue weighted by atomic mass is 9.73. The number of likely N-dealkylation sites (N-methyl/N-ethyl adjacent to an activating group) is 1. The Balaban J connectivity index is 1.42. The monoisotopic (exact) mass is 547 g/mol. The number of hydrogen-bond donors (Lipinski definition) is 1. The summed E-state index contributed by atoms with van der Waals surface area (Å²) < 4.78 is 23.1. The molecule has 3 aromatic rings. The van der Waals surface area contributed by atoms with Crippen LogP contribution in [0.5, 0.6) is 0 Å². The topological polar surface area (TPSA) is 95.8 Å². The van der Waals surface area contributed by atoms with Gasteiger partial charge in [0.05, 0.1) is 18.2 Å². The van der Waals surface area contributed by atoms with Crippen molar-refractivity contribution in [3.8, 4) is 0 Å². The molecule has 2 atom stereocenters. The molecule has 0 aliphatic carbocycles. The molecule has 2 aromatic heterocycles. The van der Waals surface area contributed by atoms with Gasteiger partial charge in [0.1, 0.15) is 11.6 Å². The summed E-state index contributed by atoms with van der Waals surface area (Å²) >= 11 is 0. The van der Waals surface area contributed by atoms with Gasteiger partial charge in [-0.05, 0) is 69.1 Å². The lowest BCUT2D eigenvalue weighted by Crippen LogP contribution is -2.54. The van der Waals surface area contributed by atoms with Crippen molar-refractivity contribution in [3.05, 3.63) is 59.3 Å². The number of nitrogens with zero attached hydrogens (tertiary/aromatic N) is 6. The van der Waals surface area contributed by atoms with E-state index in [1.54, 1.807) is 18.6 Å². The Bertz CT molecular complexity index is 1560. The van der Waals surface area contributed by atoms with Crippen molar-refractivity contribution in [2.45, 2.75) is 57.2 Å². The second-order valence-electron chi connectivity index (χ2n) is 12.2. The summed E-state index contributed by atoms with van der Waals surface area (Å²) in [7, 11) is -0.193. The number of anilines is 4. The Labute approximate surface area is 231 Å². The fourth-order valence-electron chi connectivity index (χ4n) is 5.99. The smallest absolute Gasteiger partial charge is 0.229 e. The molecule has 1 aromatic carbocycles. The van der Waals surface area contributed by atoms with E-state index in [4.69, 9.17) is 19.7 Å². The fourth-order valence-corrected chi connectivity index (χ4v) is 6.54. The lowest BCUT2D eigenvalue weighted by molar-refractivity contribution is -0.0893. The molecule has 0 bridgehead atoms. The zero-order valence-electron chi connectivity index (χ0n) is 23.6. The second-order valence-corrected chi connectivity index (χ2v) is 14.8. The van der Waals surface area contributed by atoms with Gasteiger partial charge < -0.3 is 19.9 Å². The number of pyridine rings is 1. The lowest BCUT2D eigenvalue weighted by Gasteiger charge is -2.46. The summed E-state index contributed by atoms with van der Waals surface area (Å²) in [5, 5.41) is 3.45. The van der Waals surface area contributed by atoms with Crippen LogP contribution >= 0.6 is 0 Å². The number of ether oxygens (including phenoxy) is 1. The molecule has 3 aliphatic rings. The van der Waals surface area contributed by atoms with Gasteiger partial charge in [0.15, 0.2) is 5.82 Å². The van der Waals surface area contributed by atoms with E-state index in [2.05, 4.69) is 65.5 Å². The first-order valence-corrected chi connectivity index (χ1v) is 15.8. The predicted molar refractivity (Wildman–Crippen MR) is 156 cm³/mol. The van der Waals surface area contributed by atoms with E-state index >= 15 is 0 Å². The normalized spacial score (nSPS) is 24.1. The Kier molecular flexibility index (Phi) is 6.20. The minimum atomic E-state index is -2.35. The molecule has 6 rings (SSSR count). The third kappa shape index (κ3) is 5.01. The van der Waals surface area contributed by atoms with Gasteiger partial charge in [0, 0.05) is 58.2 Å². The molecule has 1 saturated heterocycles. The van der Waals surface area contributed by atoms with Crippen LogP contribution in [0.4, 0.5) is 29.1 Å². The molecule has 5 heterocycles. The van der Waals surface area contributed by atoms with Crippen LogP contribution in [0.15, 0.2) is 47.0 Å². The van der Waals surface area contributed by atoms with Crippen LogP contribution in [-0.2, 0) is 32.8 Å². The third-order valence-corrected chi connectivity index (χ3v) is 8.68. The summed E-state index contributed by atoms with van der Waals surface area (Å²) in [6.45, 7) is 9.06. The SMILES string of the molecule is CN1CCc2ccc(Nc3ncc4c(n3)N(c3cccc(N=S(C)(C)=O)n3)[C@H]3CC(C)(C)OC[C@@]43C)cc2C1. The Morgan fingerprint density at radius 2 is 1.95 bits per heavy atom. The van der Waals surface area contributed by atoms with Crippen molar-refractivity contribution in [3.63, 3.8) is 0 Å². The van der Waals surface area contributed by atoms with Crippen molar-refractivity contribution in [2.24, 2.45) is 4.36 Å². The van der Waals surface area contributed by atoms with Gasteiger partial charge in [-0.1, -0.05) is 19.1 Å². The number of fused-ring (bicyclic) bond motifs is 4. The number of nitrogens with one attached hydrogen (secondary N) is 1. The molecule has 0 spiro atoms. The third-order valence-electron chi connectivity index (χ3n) is 8.05. The molecule has 1 N–H and O–H groups in total. The van der Waals surface area contributed by atoms with Crippen LogP contribution in [0.2, 0.25) is 0 Å². The molecule has 206 valence electrons. The van der Waals surface area contributed by atoms with E-state index < -0.39 is 9.73 Å². The Morgan fingerprint density at radius 1 is 1.13 bits per heavy atom. The maximum atomic E-state index is 12.4. The van der Waals surface area contributed by atoms with E-state index in [9.17, 15) is 4.21 Å². The predicted octanol–water partition coefficient (Wildman–Crippen LogP) is 4.94. The van der Waals surface area contributed by atoms with Crippen LogP contribution in [0.3, 0.4) is 0 Å². The highest BCUT2D eigenvalue weighted by atomic mass is 32.2. The molecule has 0 radical (unpaired) electrons. The molecule has 3 aliphatic heterocycles. The van der Waals surface area contributed by atoms with E-state index in [1.807, 2.05) is 18.3 Å². The minimum Gasteiger partial charge on any atom is -0.374 e. The number of hydrogen-bond acceptors (Lipinski definition) is 9. The van der Waals surface area contributed by atoms with E-state index in [-0.39, 0.29) is 17.1 Å². The summed E-state index contributed by atoms with van der Waals surface area (Å²) in [6, 6.07) is 12.3. The van der Waals surface area contributed by atoms with Gasteiger partial charge in [-0.2, -0.15) is 9.35 Å². The van der Waals surface area contributed by atoms with Gasteiger partial charge in [-0.3, -0.25) is 0 Å². The summed E-state index contributed by atoms with van der Waals surface area (Å²) in [6.07, 6.45) is 7.04. The number of aromatic nitrogens is 3. The summed E-state index contributed by atoms with van der Waals surface area (Å²) in [5.41, 5.74) is 4.15. The van der Waals surface area contributed by atoms with Crippen LogP contribution in [0, 0.1) is 0 Å². The zero-order valence-corrected chi connectivity index (χ0v) is 24.4. The molecular formula is C29H37N7O2S. The van der Waals surface area contributed by atoms with E-state index in [0.29, 0.717) is 18.4 Å². The van der Waals surface area contributed by atoms with Crippen molar-refractivity contribution in [1.29, 1.82) is 0 Å². The highest BCUT2D eigenvalue weighted by molar-refractivity contribution is 7.92. The average molecular weight is 548 g/mol. The maximum Gasteiger partial charge on any atom is 0.229 e. The minimum absolute atomic E-state index is 0.0652. The van der Waals surface area contributed by atoms with Crippen molar-refractivity contribution >= 4 is 38.8 Å². The van der Waals surface area contributed by atoms with Crippen LogP contribution in [0.1, 0.15) is 43.9 Å². The number of rotatable bonds is 4. The molecule has 10 heteroatoms. The number of benzene rings is 1. The van der Waals surface area contributed by atoms with Gasteiger partial charge in [0.2, 0.25) is 5.95 Å². The standard InChI is InChI=1S/C29H37N7O2S/c1-28(2)15-23-29(3,18-38-28)22-16-30-27(31-21-11-10-19-12-13-35(4)17-20(19)14-21)33-26(22)36(23)25-9-7-8-24(32-25)34-39(5,6)37/h7-11,14,16,23H,12-13,15,17-18H2,1-6H3,(H,30,31,33)/t23-,29-/m0/s1. The molecule has 0 saturated carbocycles. The highest BCUT2D eigenvalue weighted by Gasteiger charge is 2.55. The Morgan fingerprint density at radius 3 is 2.74 bits per heavy atom. The average Bonchev–Trinajstić information content (AvgIpc) is 3.09. The molecular weight excluding hydrogens is 510 g/mol. The van der Waals surface area contributed by atoms with Gasteiger partial charge in [0.25, 0.3) is 0 Å². The molecule has 0 unspecified atom stereocenters. The van der Waals surface area contributed by atoms with E-state index in [0.717, 1.165) is 48.8 Å². The van der Waals surface area contributed by atoms with Gasteiger partial charge in [-0.15, -0.1) is 0 Å². The van der Waals surface area contributed by atoms with Gasteiger partial charge in [-0.25, -0.2) is 14.2 Å². The van der Waals surface area contributed by atoms with Crippen molar-refractivity contribution < 1.29 is 8.95 Å². The summed E-state index contributed by atoms with van der Waals surface area (Å²) in [5.74, 6) is 2.54. The maximum absolute atomic E-state index is 12.4. The molecule has 1 fully saturated rings. The van der Waals surface area contributed by atoms with Crippen molar-refractivity contribution in [1.82, 2.24) is 19.9 Å². The molecule has 0 amide bonds. The van der Waals surface area contributed by atoms with Crippen LogP contribution in [0.25, 0.3) is 0 Å². The van der Waals surface area contributed by atoms with E-state index in [1.165, 1.54) is 11.1 Å². The quantitative estimate of drug-likeness (QED) is 0.491. The zero-order chi connectivity index (χ0) is 27.6. The largest absolute Gasteiger partial charge is 0.374 e. The van der Waals surface area contributed by atoms with Crippen LogP contribution < -0.4 is 10.2 Å². The second kappa shape index (κ2) is 9.25. The first kappa shape index (κ1) is 26.2. The Hall–Kier alpha value is -3.08. The first-order valence-electron chi connectivity index (χ1n) is 13.4. The summed E-state index contributed by atoms with van der Waals surface area (Å²) in [4.78, 5) is 19.2. The first-order chi connectivity index (χ1) is 18.4. The van der Waals surface area contributed by atoms with Crippen LogP contribution in [-0.4, -0.2) is 68.4 Å². The highest BCUT2D eigenvalue weighted by Crippen LogP contribution is 2.53. The molecule has 9 nitrogen and oxygen atoms in total. The van der Waals surface area contributed by atoms with Gasteiger partial charge >= 0.3 is 0 Å². The fraction of sp³-hybridized carbons (Fsp3) is 0.483. The van der Waals surface area contributed by atoms with Crippen molar-refractivity contribution in [2.75, 3.05) is 42.9 Å².